The normalized spacial score (nSPS) is 10.5. The number of rotatable bonds is 12. The van der Waals surface area contributed by atoms with Crippen molar-refractivity contribution in [2.75, 3.05) is 13.2 Å². The minimum absolute atomic E-state index is 0.0525. The number of esters is 2. The number of carbonyl (C=O) groups is 2. The lowest BCUT2D eigenvalue weighted by atomic mass is 10.2. The fourth-order valence-electron chi connectivity index (χ4n) is 1.67. The molecule has 0 atom stereocenters. The van der Waals surface area contributed by atoms with Crippen LogP contribution in [0.15, 0.2) is 24.3 Å². The summed E-state index contributed by atoms with van der Waals surface area (Å²) in [6, 6.07) is 0. The van der Waals surface area contributed by atoms with Crippen molar-refractivity contribution in [2.45, 2.75) is 79.1 Å². The molecule has 0 aliphatic heterocycles. The minimum atomic E-state index is -0.204. The molecule has 4 heteroatoms. The predicted octanol–water partition coefficient (Wildman–Crippen LogP) is 5.37. The van der Waals surface area contributed by atoms with Gasteiger partial charge in [-0.3, -0.25) is 9.59 Å². The Labute approximate surface area is 148 Å². The Morgan fingerprint density at radius 3 is 1.79 bits per heavy atom. The second-order valence-corrected chi connectivity index (χ2v) is 5.35. The van der Waals surface area contributed by atoms with Crippen LogP contribution in [0.1, 0.15) is 79.1 Å². The second kappa shape index (κ2) is 21.4. The van der Waals surface area contributed by atoms with Gasteiger partial charge in [0.25, 0.3) is 0 Å². The van der Waals surface area contributed by atoms with Gasteiger partial charge in [0.1, 0.15) is 0 Å². The summed E-state index contributed by atoms with van der Waals surface area (Å²) in [4.78, 5) is 21.3. The third kappa shape index (κ3) is 25.4. The zero-order valence-electron chi connectivity index (χ0n) is 16.0. The van der Waals surface area contributed by atoms with Crippen molar-refractivity contribution in [3.05, 3.63) is 24.3 Å². The molecule has 0 saturated carbocycles. The van der Waals surface area contributed by atoms with E-state index in [2.05, 4.69) is 39.0 Å². The molecule has 140 valence electrons. The first-order chi connectivity index (χ1) is 11.6. The molecule has 0 N–H and O–H groups in total. The SMILES string of the molecule is CCC=CCCOC(=O)CCCCC.CCC=CCCOC(C)=O. The van der Waals surface area contributed by atoms with Gasteiger partial charge in [-0.1, -0.05) is 57.9 Å². The lowest BCUT2D eigenvalue weighted by Crippen LogP contribution is -2.04. The average Bonchev–Trinajstić information content (AvgIpc) is 2.55. The smallest absolute Gasteiger partial charge is 0.305 e. The van der Waals surface area contributed by atoms with Crippen LogP contribution in [0, 0.1) is 0 Å². The first kappa shape index (κ1) is 24.7. The summed E-state index contributed by atoms with van der Waals surface area (Å²) in [5, 5.41) is 0. The van der Waals surface area contributed by atoms with Crippen molar-refractivity contribution in [1.82, 2.24) is 0 Å². The van der Waals surface area contributed by atoms with Gasteiger partial charge in [0, 0.05) is 13.3 Å². The largest absolute Gasteiger partial charge is 0.466 e. The fraction of sp³-hybridized carbons (Fsp3) is 0.700. The molecule has 0 amide bonds. The van der Waals surface area contributed by atoms with Gasteiger partial charge in [0.2, 0.25) is 0 Å². The number of hydrogen-bond acceptors (Lipinski definition) is 4. The lowest BCUT2D eigenvalue weighted by Gasteiger charge is -2.01. The van der Waals surface area contributed by atoms with E-state index in [0.717, 1.165) is 44.9 Å². The minimum Gasteiger partial charge on any atom is -0.466 e. The zero-order valence-corrected chi connectivity index (χ0v) is 16.0. The predicted molar refractivity (Wildman–Crippen MR) is 99.8 cm³/mol. The standard InChI is InChI=1S/C12H22O2.C8H14O2/c1-3-5-7-9-11-14-12(13)10-8-6-4-2;1-3-4-5-6-7-10-8(2)9/h5,7H,3-4,6,8-11H2,1-2H3;4-5H,3,6-7H2,1-2H3. The van der Waals surface area contributed by atoms with E-state index in [-0.39, 0.29) is 11.9 Å². The van der Waals surface area contributed by atoms with Crippen molar-refractivity contribution in [1.29, 1.82) is 0 Å². The summed E-state index contributed by atoms with van der Waals surface area (Å²) in [6.45, 7) is 8.74. The number of ether oxygens (including phenoxy) is 2. The summed E-state index contributed by atoms with van der Waals surface area (Å²) >= 11 is 0. The molecule has 0 unspecified atom stereocenters. The van der Waals surface area contributed by atoms with Crippen LogP contribution < -0.4 is 0 Å². The van der Waals surface area contributed by atoms with Gasteiger partial charge >= 0.3 is 11.9 Å². The van der Waals surface area contributed by atoms with Crippen LogP contribution in [0.5, 0.6) is 0 Å². The van der Waals surface area contributed by atoms with Gasteiger partial charge in [-0.15, -0.1) is 0 Å². The van der Waals surface area contributed by atoms with Gasteiger partial charge in [-0.2, -0.15) is 0 Å². The fourth-order valence-corrected chi connectivity index (χ4v) is 1.67. The van der Waals surface area contributed by atoms with Crippen LogP contribution in [-0.2, 0) is 19.1 Å². The summed E-state index contributed by atoms with van der Waals surface area (Å²) in [5.74, 6) is -0.256. The van der Waals surface area contributed by atoms with Crippen molar-refractivity contribution in [3.8, 4) is 0 Å². The number of unbranched alkanes of at least 4 members (excludes halogenated alkanes) is 2. The molecule has 0 aliphatic carbocycles. The van der Waals surface area contributed by atoms with Crippen LogP contribution >= 0.6 is 0 Å². The van der Waals surface area contributed by atoms with Gasteiger partial charge < -0.3 is 9.47 Å². The molecule has 24 heavy (non-hydrogen) atoms. The lowest BCUT2D eigenvalue weighted by molar-refractivity contribution is -0.143. The summed E-state index contributed by atoms with van der Waals surface area (Å²) in [7, 11) is 0. The maximum atomic E-state index is 11.1. The average molecular weight is 341 g/mol. The topological polar surface area (TPSA) is 52.6 Å². The van der Waals surface area contributed by atoms with Crippen molar-refractivity contribution in [2.24, 2.45) is 0 Å². The van der Waals surface area contributed by atoms with E-state index in [1.807, 2.05) is 6.08 Å². The summed E-state index contributed by atoms with van der Waals surface area (Å²) < 4.78 is 9.74. The zero-order chi connectivity index (χ0) is 18.5. The highest BCUT2D eigenvalue weighted by Crippen LogP contribution is 2.00. The van der Waals surface area contributed by atoms with Crippen LogP contribution in [0.3, 0.4) is 0 Å². The molecule has 0 aliphatic rings. The maximum Gasteiger partial charge on any atom is 0.305 e. The highest BCUT2D eigenvalue weighted by atomic mass is 16.5. The van der Waals surface area contributed by atoms with Crippen molar-refractivity contribution < 1.29 is 19.1 Å². The molecule has 0 aromatic carbocycles. The van der Waals surface area contributed by atoms with E-state index < -0.39 is 0 Å². The van der Waals surface area contributed by atoms with E-state index in [0.29, 0.717) is 19.6 Å². The molecule has 0 fully saturated rings. The van der Waals surface area contributed by atoms with Gasteiger partial charge in [-0.05, 0) is 32.1 Å². The third-order valence-corrected chi connectivity index (χ3v) is 2.93. The Morgan fingerprint density at radius 1 is 0.792 bits per heavy atom. The summed E-state index contributed by atoms with van der Waals surface area (Å²) in [6.07, 6.45) is 15.8. The van der Waals surface area contributed by atoms with Crippen molar-refractivity contribution >= 4 is 11.9 Å². The molecule has 0 rings (SSSR count). The van der Waals surface area contributed by atoms with Gasteiger partial charge in [-0.25, -0.2) is 0 Å². The summed E-state index contributed by atoms with van der Waals surface area (Å²) in [5.41, 5.74) is 0. The quantitative estimate of drug-likeness (QED) is 0.272. The van der Waals surface area contributed by atoms with Gasteiger partial charge in [0.15, 0.2) is 0 Å². The molecule has 0 saturated heterocycles. The monoisotopic (exact) mass is 340 g/mol. The number of carbonyl (C=O) groups excluding carboxylic acids is 2. The second-order valence-electron chi connectivity index (χ2n) is 5.35. The van der Waals surface area contributed by atoms with Crippen LogP contribution in [-0.4, -0.2) is 25.2 Å². The van der Waals surface area contributed by atoms with E-state index in [4.69, 9.17) is 9.47 Å². The Hall–Kier alpha value is -1.58. The highest BCUT2D eigenvalue weighted by Gasteiger charge is 2.00. The Morgan fingerprint density at radius 2 is 1.33 bits per heavy atom. The molecule has 4 nitrogen and oxygen atoms in total. The Kier molecular flexibility index (Phi) is 22.0. The molecule has 0 bridgehead atoms. The Balaban J connectivity index is 0. The molecular weight excluding hydrogens is 304 g/mol. The molecule has 0 radical (unpaired) electrons. The molecule has 0 aromatic heterocycles. The van der Waals surface area contributed by atoms with E-state index >= 15 is 0 Å². The molecular formula is C20H36O4. The third-order valence-electron chi connectivity index (χ3n) is 2.93. The Bertz CT molecular complexity index is 346. The first-order valence-corrected chi connectivity index (χ1v) is 9.17. The van der Waals surface area contributed by atoms with Crippen LogP contribution in [0.25, 0.3) is 0 Å². The molecule has 0 heterocycles. The van der Waals surface area contributed by atoms with E-state index in [1.165, 1.54) is 6.92 Å². The van der Waals surface area contributed by atoms with Crippen molar-refractivity contribution in [3.63, 3.8) is 0 Å². The van der Waals surface area contributed by atoms with Crippen LogP contribution in [0.2, 0.25) is 0 Å². The molecule has 0 aromatic rings. The first-order valence-electron chi connectivity index (χ1n) is 9.17. The number of hydrogen-bond donors (Lipinski definition) is 0. The maximum absolute atomic E-state index is 11.1. The highest BCUT2D eigenvalue weighted by molar-refractivity contribution is 5.69. The van der Waals surface area contributed by atoms with E-state index in [9.17, 15) is 9.59 Å². The van der Waals surface area contributed by atoms with Crippen LogP contribution in [0.4, 0.5) is 0 Å². The molecule has 0 spiro atoms. The van der Waals surface area contributed by atoms with Gasteiger partial charge in [0.05, 0.1) is 13.2 Å². The van der Waals surface area contributed by atoms with E-state index in [1.54, 1.807) is 0 Å². The number of allylic oxidation sites excluding steroid dienone is 2.